The first-order valence-electron chi connectivity index (χ1n) is 7.41. The third-order valence-corrected chi connectivity index (χ3v) is 5.28. The first-order chi connectivity index (χ1) is 9.34. The summed E-state index contributed by atoms with van der Waals surface area (Å²) < 4.78 is 0. The van der Waals surface area contributed by atoms with Crippen molar-refractivity contribution >= 4 is 17.4 Å². The van der Waals surface area contributed by atoms with Gasteiger partial charge in [0.1, 0.15) is 0 Å². The van der Waals surface area contributed by atoms with Crippen LogP contribution in [0.2, 0.25) is 0 Å². The molecule has 0 aromatic heterocycles. The second kappa shape index (κ2) is 5.76. The fourth-order valence-corrected chi connectivity index (χ4v) is 3.89. The van der Waals surface area contributed by atoms with Gasteiger partial charge >= 0.3 is 0 Å². The largest absolute Gasteiger partial charge is 0.384 e. The Morgan fingerprint density at radius 3 is 3.00 bits per heavy atom. The highest BCUT2D eigenvalue weighted by atomic mass is 32.2. The molecule has 0 radical (unpaired) electrons. The summed E-state index contributed by atoms with van der Waals surface area (Å²) in [7, 11) is 0. The molecule has 3 heteroatoms. The van der Waals surface area contributed by atoms with Crippen LogP contribution in [-0.2, 0) is 11.8 Å². The molecular formula is C16H24N2S. The lowest BCUT2D eigenvalue weighted by Gasteiger charge is -2.22. The summed E-state index contributed by atoms with van der Waals surface area (Å²) in [5.41, 5.74) is 4.84. The van der Waals surface area contributed by atoms with E-state index in [4.69, 9.17) is 0 Å². The molecule has 2 N–H and O–H groups in total. The maximum atomic E-state index is 3.59. The molecule has 1 atom stereocenters. The van der Waals surface area contributed by atoms with E-state index in [9.17, 15) is 0 Å². The summed E-state index contributed by atoms with van der Waals surface area (Å²) in [4.78, 5) is 0. The second-order valence-electron chi connectivity index (χ2n) is 5.89. The zero-order chi connectivity index (χ0) is 13.1. The van der Waals surface area contributed by atoms with Crippen LogP contribution >= 0.6 is 11.8 Å². The van der Waals surface area contributed by atoms with E-state index in [1.54, 1.807) is 5.56 Å². The van der Waals surface area contributed by atoms with Crippen LogP contribution in [0.5, 0.6) is 0 Å². The molecule has 0 saturated carbocycles. The van der Waals surface area contributed by atoms with Crippen molar-refractivity contribution < 1.29 is 0 Å². The Balaban J connectivity index is 1.72. The van der Waals surface area contributed by atoms with E-state index in [0.29, 0.717) is 5.41 Å². The van der Waals surface area contributed by atoms with Crippen molar-refractivity contribution in [2.45, 2.75) is 31.1 Å². The number of hydrogen-bond donors (Lipinski definition) is 2. The minimum absolute atomic E-state index is 0.380. The van der Waals surface area contributed by atoms with Gasteiger partial charge in [0.25, 0.3) is 0 Å². The Morgan fingerprint density at radius 1 is 1.26 bits per heavy atom. The van der Waals surface area contributed by atoms with E-state index < -0.39 is 0 Å². The van der Waals surface area contributed by atoms with Crippen molar-refractivity contribution in [2.75, 3.05) is 37.0 Å². The molecule has 19 heavy (non-hydrogen) atoms. The molecule has 1 saturated heterocycles. The Labute approximate surface area is 120 Å². The minimum atomic E-state index is 0.380. The number of rotatable bonds is 5. The third kappa shape index (κ3) is 2.63. The number of hydrogen-bond acceptors (Lipinski definition) is 3. The summed E-state index contributed by atoms with van der Waals surface area (Å²) in [6, 6.07) is 7.08. The molecule has 1 aromatic rings. The molecule has 2 heterocycles. The van der Waals surface area contributed by atoms with Crippen molar-refractivity contribution in [1.29, 1.82) is 0 Å². The highest BCUT2D eigenvalue weighted by Crippen LogP contribution is 2.41. The van der Waals surface area contributed by atoms with Crippen LogP contribution in [0, 0.1) is 0 Å². The van der Waals surface area contributed by atoms with Crippen LogP contribution in [0.25, 0.3) is 0 Å². The van der Waals surface area contributed by atoms with Crippen molar-refractivity contribution in [3.63, 3.8) is 0 Å². The maximum Gasteiger partial charge on any atom is 0.0380 e. The fraction of sp³-hybridized carbons (Fsp3) is 0.625. The van der Waals surface area contributed by atoms with Crippen LogP contribution in [-0.4, -0.2) is 31.6 Å². The van der Waals surface area contributed by atoms with Gasteiger partial charge < -0.3 is 10.6 Å². The quantitative estimate of drug-likeness (QED) is 0.808. The molecule has 2 aliphatic heterocycles. The van der Waals surface area contributed by atoms with Gasteiger partial charge in [0.15, 0.2) is 0 Å². The van der Waals surface area contributed by atoms with Gasteiger partial charge in [-0.3, -0.25) is 0 Å². The van der Waals surface area contributed by atoms with Gasteiger partial charge in [-0.25, -0.2) is 0 Å². The van der Waals surface area contributed by atoms with Crippen LogP contribution in [0.3, 0.4) is 0 Å². The molecule has 0 amide bonds. The number of anilines is 1. The second-order valence-corrected chi connectivity index (χ2v) is 6.88. The molecule has 2 aliphatic rings. The van der Waals surface area contributed by atoms with Gasteiger partial charge in [-0.15, -0.1) is 0 Å². The Kier molecular flexibility index (Phi) is 4.04. The zero-order valence-corrected chi connectivity index (χ0v) is 12.6. The van der Waals surface area contributed by atoms with E-state index >= 15 is 0 Å². The van der Waals surface area contributed by atoms with Gasteiger partial charge in [0.05, 0.1) is 0 Å². The first kappa shape index (κ1) is 13.3. The zero-order valence-electron chi connectivity index (χ0n) is 11.8. The SMILES string of the molecule is CSCCCCc1ccc2c(c1)C1(CCNC1)CN2. The first-order valence-corrected chi connectivity index (χ1v) is 8.80. The highest BCUT2D eigenvalue weighted by Gasteiger charge is 2.41. The molecule has 1 unspecified atom stereocenters. The van der Waals surface area contributed by atoms with Crippen molar-refractivity contribution in [1.82, 2.24) is 5.32 Å². The summed E-state index contributed by atoms with van der Waals surface area (Å²) in [6.07, 6.45) is 7.36. The Hall–Kier alpha value is -0.670. The molecule has 3 rings (SSSR count). The van der Waals surface area contributed by atoms with E-state index in [-0.39, 0.29) is 0 Å². The average Bonchev–Trinajstić information content (AvgIpc) is 3.05. The summed E-state index contributed by atoms with van der Waals surface area (Å²) >= 11 is 1.95. The van der Waals surface area contributed by atoms with Crippen LogP contribution in [0.1, 0.15) is 30.4 Å². The highest BCUT2D eigenvalue weighted by molar-refractivity contribution is 7.98. The molecule has 1 aromatic carbocycles. The maximum absolute atomic E-state index is 3.59. The third-order valence-electron chi connectivity index (χ3n) is 4.58. The smallest absolute Gasteiger partial charge is 0.0380 e. The molecule has 104 valence electrons. The number of benzene rings is 1. The average molecular weight is 276 g/mol. The van der Waals surface area contributed by atoms with Gasteiger partial charge in [-0.05, 0) is 61.4 Å². The van der Waals surface area contributed by atoms with Gasteiger partial charge in [0.2, 0.25) is 0 Å². The normalized spacial score (nSPS) is 24.7. The lowest BCUT2D eigenvalue weighted by molar-refractivity contribution is 0.522. The van der Waals surface area contributed by atoms with E-state index in [2.05, 4.69) is 35.1 Å². The van der Waals surface area contributed by atoms with Crippen molar-refractivity contribution in [2.24, 2.45) is 0 Å². The molecule has 1 fully saturated rings. The lowest BCUT2D eigenvalue weighted by atomic mass is 9.81. The summed E-state index contributed by atoms with van der Waals surface area (Å²) in [5, 5.41) is 7.13. The van der Waals surface area contributed by atoms with Crippen LogP contribution in [0.4, 0.5) is 5.69 Å². The number of thioether (sulfide) groups is 1. The van der Waals surface area contributed by atoms with Crippen molar-refractivity contribution in [3.05, 3.63) is 29.3 Å². The minimum Gasteiger partial charge on any atom is -0.384 e. The fourth-order valence-electron chi connectivity index (χ4n) is 3.40. The van der Waals surface area contributed by atoms with Gasteiger partial charge in [0, 0.05) is 24.2 Å². The molecular weight excluding hydrogens is 252 g/mol. The number of aryl methyl sites for hydroxylation is 1. The lowest BCUT2D eigenvalue weighted by Crippen LogP contribution is -2.30. The van der Waals surface area contributed by atoms with E-state index in [1.807, 2.05) is 11.8 Å². The molecule has 2 nitrogen and oxygen atoms in total. The molecule has 1 spiro atoms. The predicted molar refractivity (Wildman–Crippen MR) is 85.4 cm³/mol. The molecule has 0 aliphatic carbocycles. The van der Waals surface area contributed by atoms with Gasteiger partial charge in [-0.2, -0.15) is 11.8 Å². The Morgan fingerprint density at radius 2 is 2.21 bits per heavy atom. The van der Waals surface area contributed by atoms with Crippen LogP contribution in [0.15, 0.2) is 18.2 Å². The topological polar surface area (TPSA) is 24.1 Å². The standard InChI is InChI=1S/C16H24N2S/c1-19-9-3-2-4-13-5-6-15-14(10-13)16(12-18-15)7-8-17-11-16/h5-6,10,17-18H,2-4,7-9,11-12H2,1H3. The van der Waals surface area contributed by atoms with E-state index in [1.165, 1.54) is 49.2 Å². The van der Waals surface area contributed by atoms with Crippen molar-refractivity contribution in [3.8, 4) is 0 Å². The molecule has 0 bridgehead atoms. The monoisotopic (exact) mass is 276 g/mol. The predicted octanol–water partition coefficient (Wildman–Crippen LogP) is 3.03. The number of unbranched alkanes of at least 4 members (excludes halogenated alkanes) is 1. The summed E-state index contributed by atoms with van der Waals surface area (Å²) in [6.45, 7) is 3.42. The van der Waals surface area contributed by atoms with Gasteiger partial charge in [-0.1, -0.05) is 12.1 Å². The number of nitrogens with one attached hydrogen (secondary N) is 2. The van der Waals surface area contributed by atoms with Crippen LogP contribution < -0.4 is 10.6 Å². The summed E-state index contributed by atoms with van der Waals surface area (Å²) in [5.74, 6) is 1.29. The Bertz CT molecular complexity index is 438. The number of fused-ring (bicyclic) bond motifs is 2. The van der Waals surface area contributed by atoms with E-state index in [0.717, 1.165) is 13.1 Å².